The third-order valence-corrected chi connectivity index (χ3v) is 6.64. The molecule has 6 nitrogen and oxygen atoms in total. The predicted octanol–water partition coefficient (Wildman–Crippen LogP) is 5.29. The van der Waals surface area contributed by atoms with Crippen molar-refractivity contribution in [1.29, 1.82) is 0 Å². The fraction of sp³-hybridized carbons (Fsp3) is 0.241. The Kier molecular flexibility index (Phi) is 6.38. The molecule has 5 rings (SSSR count). The first-order valence-electron chi connectivity index (χ1n) is 11.8. The minimum absolute atomic E-state index is 0.0232. The van der Waals surface area contributed by atoms with Crippen LogP contribution in [0.4, 0.5) is 0 Å². The summed E-state index contributed by atoms with van der Waals surface area (Å²) in [5.41, 5.74) is 5.74. The van der Waals surface area contributed by atoms with E-state index in [1.807, 2.05) is 16.7 Å². The lowest BCUT2D eigenvalue weighted by atomic mass is 9.84. The highest BCUT2D eigenvalue weighted by Crippen LogP contribution is 2.53. The number of rotatable bonds is 10. The summed E-state index contributed by atoms with van der Waals surface area (Å²) in [6.45, 7) is 1.26. The fourth-order valence-corrected chi connectivity index (χ4v) is 5.03. The molecular formula is C29H28N2O4. The topological polar surface area (TPSA) is 73.6 Å². The molecule has 1 aliphatic rings. The Bertz CT molecular complexity index is 1280. The highest BCUT2D eigenvalue weighted by molar-refractivity contribution is 5.82. The summed E-state index contributed by atoms with van der Waals surface area (Å²) in [5.74, 6) is -0.0453. The van der Waals surface area contributed by atoms with Gasteiger partial charge < -0.3 is 19.1 Å². The van der Waals surface area contributed by atoms with Crippen LogP contribution in [0.25, 0.3) is 11.1 Å². The van der Waals surface area contributed by atoms with Crippen LogP contribution in [0.5, 0.6) is 5.75 Å². The molecule has 0 saturated carbocycles. The molecule has 0 radical (unpaired) electrons. The molecule has 0 bridgehead atoms. The molecule has 35 heavy (non-hydrogen) atoms. The lowest BCUT2D eigenvalue weighted by Crippen LogP contribution is -2.31. The number of carbonyl (C=O) groups is 1. The fourth-order valence-electron chi connectivity index (χ4n) is 5.03. The van der Waals surface area contributed by atoms with Crippen molar-refractivity contribution in [3.63, 3.8) is 0 Å². The molecule has 0 aliphatic heterocycles. The Hall–Kier alpha value is -3.90. The summed E-state index contributed by atoms with van der Waals surface area (Å²) in [7, 11) is 1.67. The lowest BCUT2D eigenvalue weighted by molar-refractivity contribution is -0.136. The van der Waals surface area contributed by atoms with Crippen molar-refractivity contribution < 1.29 is 19.4 Å². The maximum absolute atomic E-state index is 11.1. The summed E-state index contributed by atoms with van der Waals surface area (Å²) in [4.78, 5) is 15.2. The molecule has 4 aromatic rings. The maximum atomic E-state index is 11.1. The van der Waals surface area contributed by atoms with Gasteiger partial charge in [0.2, 0.25) is 0 Å². The highest BCUT2D eigenvalue weighted by atomic mass is 16.5. The number of methoxy groups -OCH3 is 1. The van der Waals surface area contributed by atoms with Gasteiger partial charge in [-0.2, -0.15) is 0 Å². The standard InChI is InChI=1S/C29H28N2O4/c1-34-23-14-12-21(13-15-23)29(26-10-4-2-8-24(26)25-9-3-5-11-27(25)29)35-17-7-6-16-31-20-30-19-22(31)18-28(32)33/h2-5,8-15,19-20H,6-7,16-18H2,1H3,(H,32,33). The van der Waals surface area contributed by atoms with Crippen molar-refractivity contribution in [3.05, 3.63) is 108 Å². The van der Waals surface area contributed by atoms with E-state index in [4.69, 9.17) is 14.6 Å². The van der Waals surface area contributed by atoms with Gasteiger partial charge in [-0.3, -0.25) is 4.79 Å². The van der Waals surface area contributed by atoms with Crippen molar-refractivity contribution >= 4 is 5.97 Å². The van der Waals surface area contributed by atoms with Gasteiger partial charge in [0.25, 0.3) is 0 Å². The first-order valence-corrected chi connectivity index (χ1v) is 11.8. The first-order chi connectivity index (χ1) is 17.1. The van der Waals surface area contributed by atoms with E-state index in [0.29, 0.717) is 18.8 Å². The highest BCUT2D eigenvalue weighted by Gasteiger charge is 2.45. The van der Waals surface area contributed by atoms with E-state index >= 15 is 0 Å². The van der Waals surface area contributed by atoms with Gasteiger partial charge in [0, 0.05) is 36.2 Å². The maximum Gasteiger partial charge on any atom is 0.309 e. The molecule has 1 N–H and O–H groups in total. The van der Waals surface area contributed by atoms with E-state index in [1.54, 1.807) is 19.6 Å². The van der Waals surface area contributed by atoms with Gasteiger partial charge in [0.1, 0.15) is 11.4 Å². The molecule has 6 heteroatoms. The van der Waals surface area contributed by atoms with E-state index in [-0.39, 0.29) is 6.42 Å². The van der Waals surface area contributed by atoms with Crippen molar-refractivity contribution in [3.8, 4) is 16.9 Å². The number of aliphatic carboxylic acids is 1. The van der Waals surface area contributed by atoms with Crippen LogP contribution in [0.15, 0.2) is 85.3 Å². The van der Waals surface area contributed by atoms with Gasteiger partial charge in [0.15, 0.2) is 0 Å². The number of carboxylic acid groups (broad SMARTS) is 1. The zero-order valence-electron chi connectivity index (χ0n) is 19.7. The SMILES string of the molecule is COc1ccc(C2(OCCCCn3cncc3CC(=O)O)c3ccccc3-c3ccccc32)cc1. The first kappa shape index (κ1) is 22.9. The number of ether oxygens (including phenoxy) is 2. The Morgan fingerprint density at radius 2 is 1.60 bits per heavy atom. The van der Waals surface area contributed by atoms with Crippen LogP contribution in [-0.2, 0) is 28.1 Å². The number of imidazole rings is 1. The third-order valence-electron chi connectivity index (χ3n) is 6.64. The molecular weight excluding hydrogens is 440 g/mol. The summed E-state index contributed by atoms with van der Waals surface area (Å²) >= 11 is 0. The van der Waals surface area contributed by atoms with E-state index in [9.17, 15) is 4.79 Å². The molecule has 0 fully saturated rings. The second kappa shape index (κ2) is 9.76. The van der Waals surface area contributed by atoms with Gasteiger partial charge in [-0.25, -0.2) is 4.98 Å². The van der Waals surface area contributed by atoms with E-state index in [0.717, 1.165) is 35.3 Å². The zero-order valence-corrected chi connectivity index (χ0v) is 19.7. The van der Waals surface area contributed by atoms with Gasteiger partial charge in [0.05, 0.1) is 19.9 Å². The monoisotopic (exact) mass is 468 g/mol. The molecule has 0 unspecified atom stereocenters. The molecule has 1 aliphatic carbocycles. The van der Waals surface area contributed by atoms with Crippen LogP contribution in [0.1, 0.15) is 35.2 Å². The third kappa shape index (κ3) is 4.21. The molecule has 3 aromatic carbocycles. The van der Waals surface area contributed by atoms with Crippen LogP contribution in [-0.4, -0.2) is 34.3 Å². The number of carboxylic acids is 1. The van der Waals surface area contributed by atoms with Crippen molar-refractivity contribution in [1.82, 2.24) is 9.55 Å². The second-order valence-corrected chi connectivity index (χ2v) is 8.71. The van der Waals surface area contributed by atoms with Gasteiger partial charge in [-0.15, -0.1) is 0 Å². The van der Waals surface area contributed by atoms with Crippen molar-refractivity contribution in [2.75, 3.05) is 13.7 Å². The van der Waals surface area contributed by atoms with E-state index in [2.05, 4.69) is 65.6 Å². The van der Waals surface area contributed by atoms with E-state index < -0.39 is 11.6 Å². The van der Waals surface area contributed by atoms with E-state index in [1.165, 1.54) is 11.1 Å². The van der Waals surface area contributed by atoms with Crippen LogP contribution in [0, 0.1) is 0 Å². The van der Waals surface area contributed by atoms with Crippen molar-refractivity contribution in [2.24, 2.45) is 0 Å². The molecule has 1 heterocycles. The number of hydrogen-bond donors (Lipinski definition) is 1. The van der Waals surface area contributed by atoms with Crippen LogP contribution < -0.4 is 4.74 Å². The average molecular weight is 469 g/mol. The number of fused-ring (bicyclic) bond motifs is 3. The van der Waals surface area contributed by atoms with Gasteiger partial charge in [-0.05, 0) is 41.7 Å². The average Bonchev–Trinajstić information content (AvgIpc) is 3.44. The number of benzene rings is 3. The van der Waals surface area contributed by atoms with Gasteiger partial charge >= 0.3 is 5.97 Å². The van der Waals surface area contributed by atoms with Crippen molar-refractivity contribution in [2.45, 2.75) is 31.4 Å². The molecule has 0 amide bonds. The molecule has 178 valence electrons. The molecule has 1 aromatic heterocycles. The smallest absolute Gasteiger partial charge is 0.309 e. The zero-order chi connectivity index (χ0) is 24.3. The normalized spacial score (nSPS) is 13.3. The van der Waals surface area contributed by atoms with Crippen LogP contribution in [0.2, 0.25) is 0 Å². The number of aryl methyl sites for hydroxylation is 1. The predicted molar refractivity (Wildman–Crippen MR) is 134 cm³/mol. The summed E-state index contributed by atoms with van der Waals surface area (Å²) in [6.07, 6.45) is 4.97. The number of nitrogens with zero attached hydrogens (tertiary/aromatic N) is 2. The number of unbranched alkanes of at least 4 members (excludes halogenated alkanes) is 1. The summed E-state index contributed by atoms with van der Waals surface area (Å²) < 4.78 is 14.2. The quantitative estimate of drug-likeness (QED) is 0.320. The Morgan fingerprint density at radius 1 is 0.943 bits per heavy atom. The minimum Gasteiger partial charge on any atom is -0.497 e. The number of aromatic nitrogens is 2. The minimum atomic E-state index is -0.852. The molecule has 0 spiro atoms. The van der Waals surface area contributed by atoms with Gasteiger partial charge in [-0.1, -0.05) is 60.7 Å². The lowest BCUT2D eigenvalue weighted by Gasteiger charge is -2.33. The second-order valence-electron chi connectivity index (χ2n) is 8.71. The van der Waals surface area contributed by atoms with Crippen LogP contribution in [0.3, 0.4) is 0 Å². The Balaban J connectivity index is 1.41. The Labute approximate surface area is 204 Å². The molecule has 0 atom stereocenters. The largest absolute Gasteiger partial charge is 0.497 e. The Morgan fingerprint density at radius 3 is 2.23 bits per heavy atom. The van der Waals surface area contributed by atoms with Crippen LogP contribution >= 0.6 is 0 Å². The summed E-state index contributed by atoms with van der Waals surface area (Å²) in [6, 6.07) is 25.0. The molecule has 0 saturated heterocycles. The number of hydrogen-bond acceptors (Lipinski definition) is 4. The summed E-state index contributed by atoms with van der Waals surface area (Å²) in [5, 5.41) is 9.10.